The molecule has 0 unspecified atom stereocenters. The molecule has 11 aromatic rings. The lowest BCUT2D eigenvalue weighted by molar-refractivity contribution is 0.673. The highest BCUT2D eigenvalue weighted by molar-refractivity contribution is 6.22. The van der Waals surface area contributed by atoms with Crippen LogP contribution in [0.5, 0.6) is 0 Å². The van der Waals surface area contributed by atoms with Crippen LogP contribution in [0, 0.1) is 0 Å². The summed E-state index contributed by atoms with van der Waals surface area (Å²) in [6.07, 6.45) is 0. The Hall–Kier alpha value is -6.96. The van der Waals surface area contributed by atoms with Crippen molar-refractivity contribution in [3.05, 3.63) is 194 Å². The number of hydrogen-bond acceptors (Lipinski definition) is 1. The second-order valence-corrected chi connectivity index (χ2v) is 14.0. The van der Waals surface area contributed by atoms with E-state index >= 15 is 0 Å². The third kappa shape index (κ3) is 4.71. The molecule has 0 N–H and O–H groups in total. The number of benzene rings is 10. The lowest BCUT2D eigenvalue weighted by atomic mass is 9.85. The van der Waals surface area contributed by atoms with Crippen LogP contribution in [-0.4, -0.2) is 0 Å². The summed E-state index contributed by atoms with van der Waals surface area (Å²) in [5.74, 6) is 0. The molecule has 1 heterocycles. The second kappa shape index (κ2) is 11.8. The van der Waals surface area contributed by atoms with Gasteiger partial charge in [-0.15, -0.1) is 0 Å². The molecule has 11 rings (SSSR count). The molecule has 1 nitrogen and oxygen atoms in total. The van der Waals surface area contributed by atoms with E-state index in [9.17, 15) is 0 Å². The number of rotatable bonds is 4. The first kappa shape index (κ1) is 29.7. The summed E-state index contributed by atoms with van der Waals surface area (Å²) in [5.41, 5.74) is 11.6. The van der Waals surface area contributed by atoms with Crippen molar-refractivity contribution in [2.75, 3.05) is 0 Å². The Kier molecular flexibility index (Phi) is 6.62. The molecule has 246 valence electrons. The molecule has 0 spiro atoms. The van der Waals surface area contributed by atoms with Gasteiger partial charge in [0.05, 0.1) is 0 Å². The zero-order chi connectivity index (χ0) is 34.9. The smallest absolute Gasteiger partial charge is 0.143 e. The molecule has 1 heteroatoms. The average Bonchev–Trinajstić information content (AvgIpc) is 3.61. The van der Waals surface area contributed by atoms with Crippen molar-refractivity contribution in [1.82, 2.24) is 0 Å². The lowest BCUT2D eigenvalue weighted by Gasteiger charge is -2.18. The Labute approximate surface area is 307 Å². The van der Waals surface area contributed by atoms with Crippen LogP contribution in [-0.2, 0) is 0 Å². The van der Waals surface area contributed by atoms with Crippen molar-refractivity contribution < 1.29 is 4.42 Å². The number of fused-ring (bicyclic) bond motifs is 8. The Morgan fingerprint density at radius 3 is 1.43 bits per heavy atom. The maximum Gasteiger partial charge on any atom is 0.143 e. The summed E-state index contributed by atoms with van der Waals surface area (Å²) in [5, 5.41) is 12.1. The maximum atomic E-state index is 6.65. The van der Waals surface area contributed by atoms with Gasteiger partial charge in [0, 0.05) is 16.2 Å². The van der Waals surface area contributed by atoms with Gasteiger partial charge in [0.1, 0.15) is 11.2 Å². The summed E-state index contributed by atoms with van der Waals surface area (Å²) >= 11 is 0. The molecule has 0 saturated heterocycles. The summed E-state index contributed by atoms with van der Waals surface area (Å²) in [6, 6.07) is 70.5. The van der Waals surface area contributed by atoms with Gasteiger partial charge in [0.25, 0.3) is 0 Å². The molecule has 0 saturated carbocycles. The van der Waals surface area contributed by atoms with Gasteiger partial charge in [0.15, 0.2) is 0 Å². The fraction of sp³-hybridized carbons (Fsp3) is 0. The first-order chi connectivity index (χ1) is 26.3. The Morgan fingerprint density at radius 1 is 0.264 bits per heavy atom. The van der Waals surface area contributed by atoms with Gasteiger partial charge in [-0.1, -0.05) is 170 Å². The van der Waals surface area contributed by atoms with E-state index in [0.29, 0.717) is 0 Å². The summed E-state index contributed by atoms with van der Waals surface area (Å²) < 4.78 is 6.65. The van der Waals surface area contributed by atoms with Crippen LogP contribution in [0.25, 0.3) is 110 Å². The predicted octanol–water partition coefficient (Wildman–Crippen LogP) is 14.9. The lowest BCUT2D eigenvalue weighted by Crippen LogP contribution is -1.91. The van der Waals surface area contributed by atoms with E-state index < -0.39 is 0 Å². The van der Waals surface area contributed by atoms with Gasteiger partial charge in [-0.3, -0.25) is 0 Å². The molecule has 53 heavy (non-hydrogen) atoms. The third-order valence-electron chi connectivity index (χ3n) is 11.1. The van der Waals surface area contributed by atoms with E-state index in [2.05, 4.69) is 194 Å². The van der Waals surface area contributed by atoms with Crippen LogP contribution in [0.15, 0.2) is 199 Å². The zero-order valence-corrected chi connectivity index (χ0v) is 28.9. The van der Waals surface area contributed by atoms with Crippen molar-refractivity contribution >= 4 is 65.0 Å². The first-order valence-corrected chi connectivity index (χ1v) is 18.3. The van der Waals surface area contributed by atoms with Crippen LogP contribution in [0.1, 0.15) is 0 Å². The minimum Gasteiger partial charge on any atom is -0.455 e. The monoisotopic (exact) mass is 672 g/mol. The molecule has 0 aliphatic rings. The van der Waals surface area contributed by atoms with E-state index in [1.807, 2.05) is 0 Å². The van der Waals surface area contributed by atoms with Crippen LogP contribution in [0.3, 0.4) is 0 Å². The Morgan fingerprint density at radius 2 is 0.736 bits per heavy atom. The normalized spacial score (nSPS) is 11.8. The minimum atomic E-state index is 0.908. The van der Waals surface area contributed by atoms with Gasteiger partial charge in [0.2, 0.25) is 0 Å². The van der Waals surface area contributed by atoms with Crippen LogP contribution in [0.2, 0.25) is 0 Å². The highest BCUT2D eigenvalue weighted by atomic mass is 16.3. The van der Waals surface area contributed by atoms with E-state index in [1.54, 1.807) is 0 Å². The molecule has 1 aromatic heterocycles. The van der Waals surface area contributed by atoms with E-state index in [-0.39, 0.29) is 0 Å². The number of hydrogen-bond donors (Lipinski definition) is 0. The highest BCUT2D eigenvalue weighted by Crippen LogP contribution is 2.45. The molecule has 0 radical (unpaired) electrons. The number of furan rings is 1. The molecule has 0 bridgehead atoms. The van der Waals surface area contributed by atoms with Gasteiger partial charge >= 0.3 is 0 Å². The van der Waals surface area contributed by atoms with Crippen LogP contribution in [0.4, 0.5) is 0 Å². The van der Waals surface area contributed by atoms with Crippen LogP contribution >= 0.6 is 0 Å². The molecular formula is C52H32O. The molecule has 0 aliphatic carbocycles. The van der Waals surface area contributed by atoms with Crippen molar-refractivity contribution in [3.63, 3.8) is 0 Å². The molecular weight excluding hydrogens is 641 g/mol. The minimum absolute atomic E-state index is 0.908. The standard InChI is InChI=1S/C52H32O/c1-2-13-37-31-38(26-21-33(37)11-1)41-15-6-5-14-40(41)35-22-24-36(25-23-35)50-44-17-7-9-19-46(44)51(47-20-10-8-18-45(47)50)39-28-29-43-48-30-27-34-12-3-4-16-42(34)52(48)53-49(43)32-39/h1-32H. The first-order valence-electron chi connectivity index (χ1n) is 18.3. The van der Waals surface area contributed by atoms with Crippen molar-refractivity contribution in [1.29, 1.82) is 0 Å². The quantitative estimate of drug-likeness (QED) is 0.170. The van der Waals surface area contributed by atoms with Crippen molar-refractivity contribution in [2.45, 2.75) is 0 Å². The van der Waals surface area contributed by atoms with Gasteiger partial charge in [-0.2, -0.15) is 0 Å². The van der Waals surface area contributed by atoms with Gasteiger partial charge in [-0.25, -0.2) is 0 Å². The summed E-state index contributed by atoms with van der Waals surface area (Å²) in [7, 11) is 0. The summed E-state index contributed by atoms with van der Waals surface area (Å²) in [6.45, 7) is 0. The third-order valence-corrected chi connectivity index (χ3v) is 11.1. The van der Waals surface area contributed by atoms with Crippen LogP contribution < -0.4 is 0 Å². The summed E-state index contributed by atoms with van der Waals surface area (Å²) in [4.78, 5) is 0. The fourth-order valence-electron chi connectivity index (χ4n) is 8.57. The molecule has 0 fully saturated rings. The Balaban J connectivity index is 1.06. The maximum absolute atomic E-state index is 6.65. The van der Waals surface area contributed by atoms with E-state index in [0.717, 1.165) is 32.9 Å². The molecule has 0 amide bonds. The van der Waals surface area contributed by atoms with E-state index in [1.165, 1.54) is 76.6 Å². The SMILES string of the molecule is c1ccc(-c2ccc3ccccc3c2)c(-c2ccc(-c3c4ccccc4c(-c4ccc5c(c4)oc4c6ccccc6ccc54)c4ccccc34)cc2)c1. The molecule has 0 aliphatic heterocycles. The second-order valence-electron chi connectivity index (χ2n) is 14.0. The van der Waals surface area contributed by atoms with Gasteiger partial charge in [-0.05, 0) is 106 Å². The highest BCUT2D eigenvalue weighted by Gasteiger charge is 2.19. The predicted molar refractivity (Wildman–Crippen MR) is 225 cm³/mol. The van der Waals surface area contributed by atoms with Crippen molar-refractivity contribution in [2.24, 2.45) is 0 Å². The average molecular weight is 673 g/mol. The van der Waals surface area contributed by atoms with Gasteiger partial charge < -0.3 is 4.42 Å². The van der Waals surface area contributed by atoms with Crippen molar-refractivity contribution in [3.8, 4) is 44.5 Å². The topological polar surface area (TPSA) is 13.1 Å². The Bertz CT molecular complexity index is 3160. The zero-order valence-electron chi connectivity index (χ0n) is 28.9. The molecule has 10 aromatic carbocycles. The largest absolute Gasteiger partial charge is 0.455 e. The fourth-order valence-corrected chi connectivity index (χ4v) is 8.57. The van der Waals surface area contributed by atoms with E-state index in [4.69, 9.17) is 4.42 Å². The molecule has 0 atom stereocenters.